The third-order valence-electron chi connectivity index (χ3n) is 1.02. The molecule has 54 valence electrons. The summed E-state index contributed by atoms with van der Waals surface area (Å²) in [6, 6.07) is 0. The summed E-state index contributed by atoms with van der Waals surface area (Å²) < 4.78 is 37.5. The second-order valence-corrected chi connectivity index (χ2v) is 4.02. The third kappa shape index (κ3) is 1.62. The highest BCUT2D eigenvalue weighted by Gasteiger charge is 2.39. The zero-order valence-corrected chi connectivity index (χ0v) is 5.74. The second-order valence-electron chi connectivity index (χ2n) is 2.38. The van der Waals surface area contributed by atoms with Gasteiger partial charge in [0.25, 0.3) is 10.1 Å². The fraction of sp³-hybridized carbons (Fsp3) is 1.00. The van der Waals surface area contributed by atoms with Crippen molar-refractivity contribution in [1.82, 2.24) is 0 Å². The van der Waals surface area contributed by atoms with Crippen molar-refractivity contribution in [1.29, 1.82) is 0 Å². The van der Waals surface area contributed by atoms with Crippen LogP contribution in [0.5, 0.6) is 0 Å². The highest BCUT2D eigenvalue weighted by atomic mass is 32.2. The number of hydrogen-bond donors (Lipinski definition) is 0. The van der Waals surface area contributed by atoms with Gasteiger partial charge in [0, 0.05) is 0 Å². The normalized spacial score (nSPS) is 41.1. The van der Waals surface area contributed by atoms with Gasteiger partial charge in [-0.3, -0.25) is 4.18 Å². The van der Waals surface area contributed by atoms with Gasteiger partial charge in [-0.2, -0.15) is 8.42 Å². The quantitative estimate of drug-likeness (QED) is 0.464. The Morgan fingerprint density at radius 1 is 1.67 bits per heavy atom. The summed E-state index contributed by atoms with van der Waals surface area (Å²) >= 11 is 0. The molecule has 0 aromatic carbocycles. The van der Waals surface area contributed by atoms with Crippen LogP contribution in [-0.2, 0) is 14.3 Å². The number of hydrogen-bond acceptors (Lipinski definition) is 3. The monoisotopic (exact) mass is 154 g/mol. The molecule has 0 radical (unpaired) electrons. The Kier molecular flexibility index (Phi) is 1.29. The first-order valence-electron chi connectivity index (χ1n) is 2.47. The summed E-state index contributed by atoms with van der Waals surface area (Å²) in [6.07, 6.45) is 0. The molecule has 1 aliphatic heterocycles. The van der Waals surface area contributed by atoms with Gasteiger partial charge in [-0.15, -0.1) is 0 Å². The minimum atomic E-state index is -3.53. The van der Waals surface area contributed by atoms with Crippen LogP contribution in [0.1, 0.15) is 6.92 Å². The number of halogens is 1. The van der Waals surface area contributed by atoms with Gasteiger partial charge in [-0.05, 0) is 6.92 Å². The Morgan fingerprint density at radius 3 is 2.33 bits per heavy atom. The van der Waals surface area contributed by atoms with E-state index in [9.17, 15) is 12.8 Å². The molecule has 0 spiro atoms. The SMILES string of the molecule is CC1(F)COS(=O)(=O)C1. The van der Waals surface area contributed by atoms with Crippen LogP contribution in [0.4, 0.5) is 4.39 Å². The van der Waals surface area contributed by atoms with Gasteiger partial charge < -0.3 is 0 Å². The van der Waals surface area contributed by atoms with E-state index in [1.165, 1.54) is 6.92 Å². The van der Waals surface area contributed by atoms with E-state index >= 15 is 0 Å². The minimum Gasteiger partial charge on any atom is -0.267 e. The molecule has 0 aliphatic carbocycles. The van der Waals surface area contributed by atoms with E-state index in [2.05, 4.69) is 4.18 Å². The van der Waals surface area contributed by atoms with Crippen LogP contribution in [0.15, 0.2) is 0 Å². The molecule has 0 saturated carbocycles. The van der Waals surface area contributed by atoms with Gasteiger partial charge in [-0.1, -0.05) is 0 Å². The summed E-state index contributed by atoms with van der Waals surface area (Å²) in [6.45, 7) is 0.868. The second kappa shape index (κ2) is 1.67. The molecule has 9 heavy (non-hydrogen) atoms. The van der Waals surface area contributed by atoms with Crippen molar-refractivity contribution in [2.24, 2.45) is 0 Å². The lowest BCUT2D eigenvalue weighted by Gasteiger charge is -2.03. The van der Waals surface area contributed by atoms with Crippen molar-refractivity contribution in [3.63, 3.8) is 0 Å². The summed E-state index contributed by atoms with van der Waals surface area (Å²) in [4.78, 5) is 0. The molecule has 1 rings (SSSR count). The van der Waals surface area contributed by atoms with Gasteiger partial charge in [0.2, 0.25) is 0 Å². The van der Waals surface area contributed by atoms with Gasteiger partial charge in [-0.25, -0.2) is 4.39 Å². The molecular weight excluding hydrogens is 147 g/mol. The van der Waals surface area contributed by atoms with Gasteiger partial charge in [0.1, 0.15) is 18.0 Å². The summed E-state index contributed by atoms with van der Waals surface area (Å²) in [5.74, 6) is -0.514. The van der Waals surface area contributed by atoms with Crippen LogP contribution in [0, 0.1) is 0 Å². The van der Waals surface area contributed by atoms with Crippen LogP contribution >= 0.6 is 0 Å². The highest BCUT2D eigenvalue weighted by molar-refractivity contribution is 7.87. The lowest BCUT2D eigenvalue weighted by molar-refractivity contribution is 0.163. The van der Waals surface area contributed by atoms with Crippen molar-refractivity contribution in [2.45, 2.75) is 12.6 Å². The molecule has 1 heterocycles. The Hall–Kier alpha value is -0.160. The molecule has 1 atom stereocenters. The smallest absolute Gasteiger partial charge is 0.267 e. The molecule has 0 N–H and O–H groups in total. The van der Waals surface area contributed by atoms with Crippen molar-refractivity contribution in [3.05, 3.63) is 0 Å². The Bertz CT molecular complexity index is 206. The standard InChI is InChI=1S/C4H7FO3S/c1-4(5)2-8-9(6,7)3-4/h2-3H2,1H3. The van der Waals surface area contributed by atoms with Crippen molar-refractivity contribution in [3.8, 4) is 0 Å². The first kappa shape index (κ1) is 6.95. The molecule has 0 aromatic rings. The fourth-order valence-corrected chi connectivity index (χ4v) is 1.99. The molecule has 1 aliphatic rings. The maximum absolute atomic E-state index is 12.6. The van der Waals surface area contributed by atoms with Gasteiger partial charge in [0.15, 0.2) is 0 Å². The predicted octanol–water partition coefficient (Wildman–Crippen LogP) is 0.0746. The van der Waals surface area contributed by atoms with E-state index in [4.69, 9.17) is 0 Å². The van der Waals surface area contributed by atoms with E-state index in [1.807, 2.05) is 0 Å². The van der Waals surface area contributed by atoms with Crippen molar-refractivity contribution < 1.29 is 17.0 Å². The third-order valence-corrected chi connectivity index (χ3v) is 2.45. The lowest BCUT2D eigenvalue weighted by atomic mass is 10.2. The molecule has 1 unspecified atom stereocenters. The molecule has 3 nitrogen and oxygen atoms in total. The van der Waals surface area contributed by atoms with Crippen molar-refractivity contribution in [2.75, 3.05) is 12.4 Å². The van der Waals surface area contributed by atoms with Crippen LogP contribution in [0.2, 0.25) is 0 Å². The number of rotatable bonds is 0. The van der Waals surface area contributed by atoms with Crippen LogP contribution in [0.3, 0.4) is 0 Å². The Balaban J connectivity index is 2.81. The molecule has 0 aromatic heterocycles. The highest BCUT2D eigenvalue weighted by Crippen LogP contribution is 2.22. The van der Waals surface area contributed by atoms with E-state index in [0.717, 1.165) is 0 Å². The zero-order chi connectivity index (χ0) is 7.12. The van der Waals surface area contributed by atoms with Gasteiger partial charge in [0.05, 0.1) is 0 Å². The summed E-state index contributed by atoms with van der Waals surface area (Å²) in [5.41, 5.74) is -1.68. The first-order valence-corrected chi connectivity index (χ1v) is 4.05. The van der Waals surface area contributed by atoms with E-state index in [1.54, 1.807) is 0 Å². The number of alkyl halides is 1. The average molecular weight is 154 g/mol. The van der Waals surface area contributed by atoms with Crippen molar-refractivity contribution >= 4 is 10.1 Å². The fourth-order valence-electron chi connectivity index (χ4n) is 0.665. The zero-order valence-electron chi connectivity index (χ0n) is 4.93. The lowest BCUT2D eigenvalue weighted by Crippen LogP contribution is -2.22. The Morgan fingerprint density at radius 2 is 2.22 bits per heavy atom. The maximum atomic E-state index is 12.6. The Labute approximate surface area is 52.9 Å². The minimum absolute atomic E-state index is 0.338. The molecule has 0 amide bonds. The van der Waals surface area contributed by atoms with Crippen LogP contribution in [-0.4, -0.2) is 26.4 Å². The maximum Gasteiger partial charge on any atom is 0.270 e. The molecule has 5 heteroatoms. The average Bonchev–Trinajstić information content (AvgIpc) is 1.78. The van der Waals surface area contributed by atoms with E-state index in [0.29, 0.717) is 0 Å². The molecular formula is C4H7FO3S. The van der Waals surface area contributed by atoms with Gasteiger partial charge >= 0.3 is 0 Å². The molecule has 1 saturated heterocycles. The first-order chi connectivity index (χ1) is 3.91. The predicted molar refractivity (Wildman–Crippen MR) is 29.3 cm³/mol. The van der Waals surface area contributed by atoms with E-state index < -0.39 is 21.5 Å². The molecule has 0 bridgehead atoms. The topological polar surface area (TPSA) is 43.4 Å². The van der Waals surface area contributed by atoms with E-state index in [-0.39, 0.29) is 6.61 Å². The largest absolute Gasteiger partial charge is 0.270 e. The molecule has 1 fully saturated rings. The summed E-state index contributed by atoms with van der Waals surface area (Å²) in [5, 5.41) is 0. The summed E-state index contributed by atoms with van der Waals surface area (Å²) in [7, 11) is -3.53. The van der Waals surface area contributed by atoms with Crippen LogP contribution < -0.4 is 0 Å². The van der Waals surface area contributed by atoms with Crippen LogP contribution in [0.25, 0.3) is 0 Å².